The quantitative estimate of drug-likeness (QED) is 0.526. The number of hydrogen-bond donors (Lipinski definition) is 1. The van der Waals surface area contributed by atoms with Gasteiger partial charge in [-0.05, 0) is 30.3 Å². The van der Waals surface area contributed by atoms with Crippen molar-refractivity contribution in [1.82, 2.24) is 15.1 Å². The highest BCUT2D eigenvalue weighted by Gasteiger charge is 2.16. The number of carbonyl (C=O) groups is 1. The average molecular weight is 441 g/mol. The minimum atomic E-state index is -0.447. The lowest BCUT2D eigenvalue weighted by Gasteiger charge is -2.18. The highest BCUT2D eigenvalue weighted by atomic mass is 35.5. The predicted molar refractivity (Wildman–Crippen MR) is 108 cm³/mol. The normalized spacial score (nSPS) is 10.7. The number of hydrogen-bond acceptors (Lipinski definition) is 6. The highest BCUT2D eigenvalue weighted by molar-refractivity contribution is 8.01. The molecular weight excluding hydrogens is 426 g/mol. The van der Waals surface area contributed by atoms with Gasteiger partial charge in [-0.1, -0.05) is 46.8 Å². The van der Waals surface area contributed by atoms with Crippen LogP contribution in [-0.4, -0.2) is 33.8 Å². The predicted octanol–water partition coefficient (Wildman–Crippen LogP) is 4.96. The fraction of sp³-hybridized carbons (Fsp3) is 0.167. The summed E-state index contributed by atoms with van der Waals surface area (Å²) in [5.74, 6) is -0.874. The first-order valence-electron chi connectivity index (χ1n) is 8.08. The maximum absolute atomic E-state index is 13.9. The Hall–Kier alpha value is -2.23. The van der Waals surface area contributed by atoms with Gasteiger partial charge in [0, 0.05) is 29.9 Å². The molecule has 0 aliphatic carbocycles. The molecule has 0 radical (unpaired) electrons. The molecule has 0 aliphatic heterocycles. The zero-order chi connectivity index (χ0) is 20.1. The summed E-state index contributed by atoms with van der Waals surface area (Å²) >= 11 is 8.47. The third-order valence-electron chi connectivity index (χ3n) is 3.68. The van der Waals surface area contributed by atoms with Gasteiger partial charge in [0.05, 0.1) is 5.75 Å². The standard InChI is InChI=1S/C18H15ClF2N4OS2/c1-25(9-13-14(19)6-3-7-15(13)21)16(26)10-27-18-24-23-17(28-18)22-12-5-2-4-11(20)8-12/h2-8H,9-10H2,1H3,(H,22,23). The first-order chi connectivity index (χ1) is 13.4. The molecule has 3 aromatic rings. The van der Waals surface area contributed by atoms with Crippen molar-refractivity contribution < 1.29 is 13.6 Å². The van der Waals surface area contributed by atoms with Crippen LogP contribution < -0.4 is 5.32 Å². The van der Waals surface area contributed by atoms with Crippen LogP contribution in [0.25, 0.3) is 0 Å². The molecule has 28 heavy (non-hydrogen) atoms. The number of rotatable bonds is 7. The van der Waals surface area contributed by atoms with Crippen LogP contribution in [0, 0.1) is 11.6 Å². The third-order valence-corrected chi connectivity index (χ3v) is 6.00. The minimum Gasteiger partial charge on any atom is -0.341 e. The van der Waals surface area contributed by atoms with Crippen LogP contribution in [0.3, 0.4) is 0 Å². The third kappa shape index (κ3) is 5.40. The summed E-state index contributed by atoms with van der Waals surface area (Å²) in [6.45, 7) is 0.0768. The van der Waals surface area contributed by atoms with Gasteiger partial charge in [0.25, 0.3) is 0 Å². The number of nitrogens with zero attached hydrogens (tertiary/aromatic N) is 3. The van der Waals surface area contributed by atoms with E-state index in [1.54, 1.807) is 25.2 Å². The molecule has 0 saturated heterocycles. The number of halogens is 3. The van der Waals surface area contributed by atoms with Gasteiger partial charge in [0.15, 0.2) is 4.34 Å². The summed E-state index contributed by atoms with van der Waals surface area (Å²) in [6, 6.07) is 10.4. The van der Waals surface area contributed by atoms with E-state index in [4.69, 9.17) is 11.6 Å². The monoisotopic (exact) mass is 440 g/mol. The van der Waals surface area contributed by atoms with Crippen molar-refractivity contribution in [1.29, 1.82) is 0 Å². The van der Waals surface area contributed by atoms with Crippen LogP contribution in [0.5, 0.6) is 0 Å². The molecule has 1 amide bonds. The SMILES string of the molecule is CN(Cc1c(F)cccc1Cl)C(=O)CSc1nnc(Nc2cccc(F)c2)s1. The smallest absolute Gasteiger partial charge is 0.233 e. The largest absolute Gasteiger partial charge is 0.341 e. The Kier molecular flexibility index (Phi) is 6.82. The molecule has 0 spiro atoms. The summed E-state index contributed by atoms with van der Waals surface area (Å²) in [4.78, 5) is 13.7. The van der Waals surface area contributed by atoms with Gasteiger partial charge in [-0.25, -0.2) is 8.78 Å². The van der Waals surface area contributed by atoms with Crippen molar-refractivity contribution in [3.63, 3.8) is 0 Å². The van der Waals surface area contributed by atoms with E-state index in [2.05, 4.69) is 15.5 Å². The number of nitrogens with one attached hydrogen (secondary N) is 1. The fourth-order valence-electron chi connectivity index (χ4n) is 2.25. The van der Waals surface area contributed by atoms with Crippen LogP contribution >= 0.6 is 34.7 Å². The number of aromatic nitrogens is 2. The van der Waals surface area contributed by atoms with Crippen LogP contribution in [0.1, 0.15) is 5.56 Å². The van der Waals surface area contributed by atoms with E-state index >= 15 is 0 Å². The number of benzene rings is 2. The first-order valence-corrected chi connectivity index (χ1v) is 10.3. The van der Waals surface area contributed by atoms with Gasteiger partial charge in [0.1, 0.15) is 11.6 Å². The van der Waals surface area contributed by atoms with Crippen molar-refractivity contribution in [3.8, 4) is 0 Å². The van der Waals surface area contributed by atoms with Gasteiger partial charge in [-0.3, -0.25) is 4.79 Å². The van der Waals surface area contributed by atoms with Gasteiger partial charge >= 0.3 is 0 Å². The average Bonchev–Trinajstić information content (AvgIpc) is 3.10. The van der Waals surface area contributed by atoms with Gasteiger partial charge in [-0.15, -0.1) is 10.2 Å². The molecular formula is C18H15ClF2N4OS2. The Bertz CT molecular complexity index is 965. The highest BCUT2D eigenvalue weighted by Crippen LogP contribution is 2.28. The van der Waals surface area contributed by atoms with E-state index < -0.39 is 5.82 Å². The van der Waals surface area contributed by atoms with Crippen LogP contribution in [-0.2, 0) is 11.3 Å². The van der Waals surface area contributed by atoms with E-state index in [1.807, 2.05) is 0 Å². The van der Waals surface area contributed by atoms with Crippen LogP contribution in [0.2, 0.25) is 5.02 Å². The van der Waals surface area contributed by atoms with E-state index in [0.29, 0.717) is 15.2 Å². The molecule has 0 atom stereocenters. The van der Waals surface area contributed by atoms with E-state index in [9.17, 15) is 13.6 Å². The zero-order valence-corrected chi connectivity index (χ0v) is 17.0. The van der Waals surface area contributed by atoms with E-state index in [1.165, 1.54) is 52.3 Å². The molecule has 0 aliphatic rings. The van der Waals surface area contributed by atoms with Crippen molar-refractivity contribution in [3.05, 3.63) is 64.7 Å². The summed E-state index contributed by atoms with van der Waals surface area (Å²) in [5.41, 5.74) is 0.841. The lowest BCUT2D eigenvalue weighted by Crippen LogP contribution is -2.28. The maximum Gasteiger partial charge on any atom is 0.233 e. The zero-order valence-electron chi connectivity index (χ0n) is 14.7. The molecule has 0 saturated carbocycles. The summed E-state index contributed by atoms with van der Waals surface area (Å²) in [7, 11) is 1.59. The van der Waals surface area contributed by atoms with Crippen molar-refractivity contribution in [2.24, 2.45) is 0 Å². The molecule has 0 fully saturated rings. The second-order valence-electron chi connectivity index (χ2n) is 5.75. The van der Waals surface area contributed by atoms with Gasteiger partial charge in [0.2, 0.25) is 11.0 Å². The lowest BCUT2D eigenvalue weighted by atomic mass is 10.2. The fourth-order valence-corrected chi connectivity index (χ4v) is 4.19. The van der Waals surface area contributed by atoms with Crippen LogP contribution in [0.15, 0.2) is 46.8 Å². The summed E-state index contributed by atoms with van der Waals surface area (Å²) < 4.78 is 27.7. The van der Waals surface area contributed by atoms with Crippen molar-refractivity contribution in [2.45, 2.75) is 10.9 Å². The molecule has 5 nitrogen and oxygen atoms in total. The Morgan fingerprint density at radius 2 is 2.04 bits per heavy atom. The molecule has 3 rings (SSSR count). The minimum absolute atomic E-state index is 0.0768. The Balaban J connectivity index is 1.54. The number of carbonyl (C=O) groups excluding carboxylic acids is 1. The Labute approximate surface area is 173 Å². The van der Waals surface area contributed by atoms with Gasteiger partial charge in [-0.2, -0.15) is 0 Å². The Morgan fingerprint density at radius 3 is 2.79 bits per heavy atom. The molecule has 10 heteroatoms. The molecule has 146 valence electrons. The van der Waals surface area contributed by atoms with Gasteiger partial charge < -0.3 is 10.2 Å². The lowest BCUT2D eigenvalue weighted by molar-refractivity contribution is -0.127. The first kappa shape index (κ1) is 20.5. The molecule has 2 aromatic carbocycles. The second kappa shape index (κ2) is 9.31. The molecule has 0 bridgehead atoms. The number of thioether (sulfide) groups is 1. The second-order valence-corrected chi connectivity index (χ2v) is 8.35. The molecule has 0 unspecified atom stereocenters. The molecule has 1 aromatic heterocycles. The van der Waals surface area contributed by atoms with E-state index in [0.717, 1.165) is 0 Å². The number of anilines is 2. The van der Waals surface area contributed by atoms with E-state index in [-0.39, 0.29) is 34.6 Å². The summed E-state index contributed by atoms with van der Waals surface area (Å²) in [6.07, 6.45) is 0. The summed E-state index contributed by atoms with van der Waals surface area (Å²) in [5, 5.41) is 11.7. The topological polar surface area (TPSA) is 58.1 Å². The van der Waals surface area contributed by atoms with Crippen LogP contribution in [0.4, 0.5) is 19.6 Å². The van der Waals surface area contributed by atoms with Crippen molar-refractivity contribution in [2.75, 3.05) is 18.1 Å². The Morgan fingerprint density at radius 1 is 1.25 bits per heavy atom. The maximum atomic E-state index is 13.9. The molecule has 1 N–H and O–H groups in total. The van der Waals surface area contributed by atoms with Crippen molar-refractivity contribution >= 4 is 51.4 Å². The molecule has 1 heterocycles. The number of amides is 1.